The van der Waals surface area contributed by atoms with Crippen LogP contribution in [0, 0.1) is 6.92 Å². The number of benzene rings is 2. The molecule has 0 saturated heterocycles. The summed E-state index contributed by atoms with van der Waals surface area (Å²) in [6, 6.07) is 15.2. The smallest absolute Gasteiger partial charge is 0.274 e. The van der Waals surface area contributed by atoms with Crippen molar-refractivity contribution in [2.24, 2.45) is 0 Å². The lowest BCUT2D eigenvalue weighted by molar-refractivity contribution is -0.118. The van der Waals surface area contributed by atoms with Gasteiger partial charge >= 0.3 is 0 Å². The van der Waals surface area contributed by atoms with Crippen molar-refractivity contribution in [1.29, 1.82) is 0 Å². The highest BCUT2D eigenvalue weighted by molar-refractivity contribution is 6.01. The van der Waals surface area contributed by atoms with E-state index in [9.17, 15) is 9.59 Å². The lowest BCUT2D eigenvalue weighted by atomic mass is 10.1. The molecule has 4 rings (SSSR count). The maximum absolute atomic E-state index is 12.5. The van der Waals surface area contributed by atoms with Crippen LogP contribution in [0.3, 0.4) is 0 Å². The third kappa shape index (κ3) is 3.93. The number of amides is 2. The van der Waals surface area contributed by atoms with Crippen LogP contribution in [0.25, 0.3) is 0 Å². The highest BCUT2D eigenvalue weighted by Gasteiger charge is 2.26. The van der Waals surface area contributed by atoms with Gasteiger partial charge in [0, 0.05) is 5.69 Å². The number of hydrogen-bond donors (Lipinski definition) is 2. The van der Waals surface area contributed by atoms with Crippen LogP contribution >= 0.6 is 0 Å². The third-order valence-corrected chi connectivity index (χ3v) is 4.84. The van der Waals surface area contributed by atoms with E-state index in [1.165, 1.54) is 5.56 Å². The fourth-order valence-electron chi connectivity index (χ4n) is 3.24. The molecule has 0 radical (unpaired) electrons. The Morgan fingerprint density at radius 1 is 1.21 bits per heavy atom. The van der Waals surface area contributed by atoms with E-state index in [4.69, 9.17) is 0 Å². The Kier molecular flexibility index (Phi) is 4.89. The molecule has 0 unspecified atom stereocenters. The van der Waals surface area contributed by atoms with Crippen LogP contribution < -0.4 is 10.6 Å². The molecule has 0 saturated carbocycles. The zero-order valence-corrected chi connectivity index (χ0v) is 15.6. The van der Waals surface area contributed by atoms with E-state index < -0.39 is 11.9 Å². The van der Waals surface area contributed by atoms with Gasteiger partial charge in [0.25, 0.3) is 5.91 Å². The van der Waals surface area contributed by atoms with E-state index in [-0.39, 0.29) is 11.6 Å². The molecule has 0 spiro atoms. The molecule has 142 valence electrons. The van der Waals surface area contributed by atoms with Gasteiger partial charge < -0.3 is 10.6 Å². The van der Waals surface area contributed by atoms with Crippen LogP contribution in [0.1, 0.15) is 33.6 Å². The van der Waals surface area contributed by atoms with Gasteiger partial charge in [0.15, 0.2) is 5.69 Å². The number of anilines is 1. The molecule has 1 aromatic heterocycles. The normalized spacial score (nSPS) is 16.0. The number of aryl methyl sites for hydroxylation is 2. The van der Waals surface area contributed by atoms with Gasteiger partial charge in [-0.15, -0.1) is 5.10 Å². The van der Waals surface area contributed by atoms with E-state index in [1.54, 1.807) is 10.9 Å². The summed E-state index contributed by atoms with van der Waals surface area (Å²) in [7, 11) is 0. The maximum atomic E-state index is 12.5. The molecule has 0 aliphatic carbocycles. The summed E-state index contributed by atoms with van der Waals surface area (Å²) in [4.78, 5) is 25.0. The molecule has 0 bridgehead atoms. The summed E-state index contributed by atoms with van der Waals surface area (Å²) in [6.45, 7) is 2.56. The van der Waals surface area contributed by atoms with Gasteiger partial charge in [0.05, 0.1) is 12.7 Å². The quantitative estimate of drug-likeness (QED) is 0.732. The number of rotatable bonds is 4. The molecular weight excluding hydrogens is 354 g/mol. The zero-order chi connectivity index (χ0) is 19.5. The fourth-order valence-corrected chi connectivity index (χ4v) is 3.24. The SMILES string of the molecule is Cc1ccc(Cn2cc(C(=O)N[C@H]3CCc4ccccc4NC3=O)nn2)cc1. The second kappa shape index (κ2) is 7.64. The molecule has 7 heteroatoms. The Morgan fingerprint density at radius 3 is 2.82 bits per heavy atom. The first-order valence-electron chi connectivity index (χ1n) is 9.24. The average molecular weight is 375 g/mol. The van der Waals surface area contributed by atoms with Crippen LogP contribution in [-0.2, 0) is 17.8 Å². The summed E-state index contributed by atoms with van der Waals surface area (Å²) in [5.74, 6) is -0.619. The minimum atomic E-state index is -0.609. The molecule has 2 heterocycles. The van der Waals surface area contributed by atoms with Crippen molar-refractivity contribution < 1.29 is 9.59 Å². The van der Waals surface area contributed by atoms with Gasteiger partial charge in [0.2, 0.25) is 5.91 Å². The largest absolute Gasteiger partial charge is 0.339 e. The van der Waals surface area contributed by atoms with Crippen molar-refractivity contribution in [2.75, 3.05) is 5.32 Å². The minimum absolute atomic E-state index is 0.196. The first kappa shape index (κ1) is 17.9. The Balaban J connectivity index is 1.41. The van der Waals surface area contributed by atoms with Gasteiger partial charge in [-0.25, -0.2) is 4.68 Å². The summed E-state index contributed by atoms with van der Waals surface area (Å²) in [5.41, 5.74) is 4.32. The molecule has 0 fully saturated rings. The number of carbonyl (C=O) groups is 2. The van der Waals surface area contributed by atoms with E-state index in [2.05, 4.69) is 20.9 Å². The topological polar surface area (TPSA) is 88.9 Å². The van der Waals surface area contributed by atoms with Gasteiger partial charge in [-0.05, 0) is 37.0 Å². The van der Waals surface area contributed by atoms with Crippen LogP contribution in [0.15, 0.2) is 54.7 Å². The number of carbonyl (C=O) groups excluding carboxylic acids is 2. The van der Waals surface area contributed by atoms with E-state index in [1.807, 2.05) is 55.5 Å². The van der Waals surface area contributed by atoms with Gasteiger partial charge in [-0.1, -0.05) is 53.2 Å². The number of aromatic nitrogens is 3. The Hall–Kier alpha value is -3.48. The minimum Gasteiger partial charge on any atom is -0.339 e. The van der Waals surface area contributed by atoms with Crippen LogP contribution in [0.4, 0.5) is 5.69 Å². The number of para-hydroxylation sites is 1. The summed E-state index contributed by atoms with van der Waals surface area (Å²) < 4.78 is 1.61. The van der Waals surface area contributed by atoms with Crippen molar-refractivity contribution in [3.8, 4) is 0 Å². The number of fused-ring (bicyclic) bond motifs is 1. The molecular formula is C21H21N5O2. The second-order valence-electron chi connectivity index (χ2n) is 7.00. The fraction of sp³-hybridized carbons (Fsp3) is 0.238. The highest BCUT2D eigenvalue weighted by Crippen LogP contribution is 2.21. The van der Waals surface area contributed by atoms with E-state index in [0.717, 1.165) is 16.8 Å². The van der Waals surface area contributed by atoms with E-state index in [0.29, 0.717) is 19.4 Å². The molecule has 1 aliphatic rings. The Morgan fingerprint density at radius 2 is 2.00 bits per heavy atom. The van der Waals surface area contributed by atoms with E-state index >= 15 is 0 Å². The van der Waals surface area contributed by atoms with Crippen molar-refractivity contribution in [3.63, 3.8) is 0 Å². The molecule has 3 aromatic rings. The monoisotopic (exact) mass is 375 g/mol. The number of nitrogens with zero attached hydrogens (tertiary/aromatic N) is 3. The molecule has 2 N–H and O–H groups in total. The molecule has 2 amide bonds. The summed E-state index contributed by atoms with van der Waals surface area (Å²) >= 11 is 0. The molecule has 2 aromatic carbocycles. The molecule has 7 nitrogen and oxygen atoms in total. The van der Waals surface area contributed by atoms with Crippen molar-refractivity contribution in [3.05, 3.63) is 77.1 Å². The van der Waals surface area contributed by atoms with Gasteiger partial charge in [-0.3, -0.25) is 9.59 Å². The number of nitrogens with one attached hydrogen (secondary N) is 2. The Bertz CT molecular complexity index is 1010. The summed E-state index contributed by atoms with van der Waals surface area (Å²) in [6.07, 6.45) is 2.84. The van der Waals surface area contributed by atoms with Crippen molar-refractivity contribution in [1.82, 2.24) is 20.3 Å². The Labute approximate surface area is 162 Å². The maximum Gasteiger partial charge on any atom is 0.274 e. The number of hydrogen-bond acceptors (Lipinski definition) is 4. The van der Waals surface area contributed by atoms with Crippen LogP contribution in [-0.4, -0.2) is 32.9 Å². The summed E-state index contributed by atoms with van der Waals surface area (Å²) in [5, 5.41) is 13.6. The van der Waals surface area contributed by atoms with Crippen molar-refractivity contribution >= 4 is 17.5 Å². The molecule has 1 aliphatic heterocycles. The zero-order valence-electron chi connectivity index (χ0n) is 15.6. The lowest BCUT2D eigenvalue weighted by Crippen LogP contribution is -2.43. The highest BCUT2D eigenvalue weighted by atomic mass is 16.2. The molecule has 1 atom stereocenters. The standard InChI is InChI=1S/C21H21N5O2/c1-14-6-8-15(9-7-14)12-26-13-19(24-25-26)21(28)23-18-11-10-16-4-2-3-5-17(16)22-20(18)27/h2-9,13,18H,10-12H2,1H3,(H,22,27)(H,23,28)/t18-/m0/s1. The third-order valence-electron chi connectivity index (χ3n) is 4.84. The predicted octanol–water partition coefficient (Wildman–Crippen LogP) is 2.32. The first-order chi connectivity index (χ1) is 13.6. The second-order valence-corrected chi connectivity index (χ2v) is 7.00. The van der Waals surface area contributed by atoms with Gasteiger partial charge in [0.1, 0.15) is 6.04 Å². The molecule has 28 heavy (non-hydrogen) atoms. The predicted molar refractivity (Wildman–Crippen MR) is 105 cm³/mol. The lowest BCUT2D eigenvalue weighted by Gasteiger charge is -2.14. The average Bonchev–Trinajstić information content (AvgIpc) is 3.10. The first-order valence-corrected chi connectivity index (χ1v) is 9.24. The van der Waals surface area contributed by atoms with Crippen LogP contribution in [0.2, 0.25) is 0 Å². The van der Waals surface area contributed by atoms with Gasteiger partial charge in [-0.2, -0.15) is 0 Å². The van der Waals surface area contributed by atoms with Crippen molar-refractivity contribution in [2.45, 2.75) is 32.4 Å². The van der Waals surface area contributed by atoms with Crippen LogP contribution in [0.5, 0.6) is 0 Å².